The van der Waals surface area contributed by atoms with Crippen LogP contribution < -0.4 is 10.6 Å². The Labute approximate surface area is 167 Å². The normalized spacial score (nSPS) is 14.1. The fraction of sp³-hybridized carbons (Fsp3) is 0.474. The third kappa shape index (κ3) is 6.02. The molecule has 0 aliphatic heterocycles. The van der Waals surface area contributed by atoms with Gasteiger partial charge in [0.15, 0.2) is 5.96 Å². The first kappa shape index (κ1) is 19.8. The SMILES string of the molecule is CCNC(=NCCCc1cn(-c2ccccc2)nc1C)NC1CC1.I. The Hall–Kier alpha value is -1.57. The first-order chi connectivity index (χ1) is 11.8. The van der Waals surface area contributed by atoms with Crippen LogP contribution in [0.3, 0.4) is 0 Å². The highest BCUT2D eigenvalue weighted by molar-refractivity contribution is 14.0. The molecule has 0 atom stereocenters. The molecular formula is C19H28IN5. The zero-order chi connectivity index (χ0) is 16.8. The van der Waals surface area contributed by atoms with Crippen molar-refractivity contribution >= 4 is 29.9 Å². The third-order valence-corrected chi connectivity index (χ3v) is 4.16. The summed E-state index contributed by atoms with van der Waals surface area (Å²) in [6.45, 7) is 5.92. The van der Waals surface area contributed by atoms with Crippen molar-refractivity contribution in [2.75, 3.05) is 13.1 Å². The molecule has 0 amide bonds. The van der Waals surface area contributed by atoms with Gasteiger partial charge < -0.3 is 10.6 Å². The standard InChI is InChI=1S/C19H27N5.HI/c1-3-20-19(22-17-11-12-17)21-13-7-8-16-14-24(23-15(16)2)18-9-5-4-6-10-18;/h4-6,9-10,14,17H,3,7-8,11-13H2,1-2H3,(H2,20,21,22);1H. The molecule has 1 aliphatic carbocycles. The monoisotopic (exact) mass is 453 g/mol. The van der Waals surface area contributed by atoms with Crippen LogP contribution in [0.15, 0.2) is 41.5 Å². The number of aromatic nitrogens is 2. The molecule has 2 aromatic rings. The predicted molar refractivity (Wildman–Crippen MR) is 114 cm³/mol. The average molecular weight is 453 g/mol. The van der Waals surface area contributed by atoms with Crippen molar-refractivity contribution < 1.29 is 0 Å². The lowest BCUT2D eigenvalue weighted by atomic mass is 10.1. The van der Waals surface area contributed by atoms with E-state index in [0.717, 1.165) is 43.3 Å². The summed E-state index contributed by atoms with van der Waals surface area (Å²) in [6, 6.07) is 10.9. The molecule has 1 fully saturated rings. The van der Waals surface area contributed by atoms with Gasteiger partial charge in [-0.15, -0.1) is 24.0 Å². The van der Waals surface area contributed by atoms with Crippen LogP contribution in [0.5, 0.6) is 0 Å². The van der Waals surface area contributed by atoms with E-state index in [2.05, 4.69) is 52.9 Å². The number of aliphatic imine (C=N–C) groups is 1. The molecule has 1 saturated carbocycles. The van der Waals surface area contributed by atoms with Gasteiger partial charge in [-0.1, -0.05) is 18.2 Å². The van der Waals surface area contributed by atoms with E-state index in [1.165, 1.54) is 18.4 Å². The van der Waals surface area contributed by atoms with Gasteiger partial charge in [0, 0.05) is 25.3 Å². The third-order valence-electron chi connectivity index (χ3n) is 4.16. The Bertz CT molecular complexity index is 676. The van der Waals surface area contributed by atoms with E-state index in [4.69, 9.17) is 0 Å². The van der Waals surface area contributed by atoms with Crippen LogP contribution >= 0.6 is 24.0 Å². The molecule has 0 radical (unpaired) electrons. The minimum atomic E-state index is 0. The van der Waals surface area contributed by atoms with Crippen LogP contribution in [-0.4, -0.2) is 34.9 Å². The second kappa shape index (κ2) is 9.79. The van der Waals surface area contributed by atoms with Gasteiger partial charge >= 0.3 is 0 Å². The number of nitrogens with zero attached hydrogens (tertiary/aromatic N) is 3. The number of guanidine groups is 1. The van der Waals surface area contributed by atoms with E-state index < -0.39 is 0 Å². The first-order valence-corrected chi connectivity index (χ1v) is 8.91. The Morgan fingerprint density at radius 3 is 2.72 bits per heavy atom. The van der Waals surface area contributed by atoms with Crippen molar-refractivity contribution in [3.63, 3.8) is 0 Å². The minimum Gasteiger partial charge on any atom is -0.357 e. The van der Waals surface area contributed by atoms with Crippen molar-refractivity contribution in [2.45, 2.75) is 45.6 Å². The summed E-state index contributed by atoms with van der Waals surface area (Å²) in [6.07, 6.45) is 6.71. The number of hydrogen-bond donors (Lipinski definition) is 2. The lowest BCUT2D eigenvalue weighted by Gasteiger charge is -2.09. The molecule has 0 saturated heterocycles. The van der Waals surface area contributed by atoms with Gasteiger partial charge in [0.2, 0.25) is 0 Å². The number of aryl methyl sites for hydroxylation is 2. The molecule has 2 N–H and O–H groups in total. The van der Waals surface area contributed by atoms with Crippen molar-refractivity contribution in [2.24, 2.45) is 4.99 Å². The molecule has 136 valence electrons. The van der Waals surface area contributed by atoms with Crippen molar-refractivity contribution in [3.8, 4) is 5.69 Å². The Balaban J connectivity index is 0.00000225. The van der Waals surface area contributed by atoms with Crippen LogP contribution in [-0.2, 0) is 6.42 Å². The highest BCUT2D eigenvalue weighted by Gasteiger charge is 2.21. The lowest BCUT2D eigenvalue weighted by molar-refractivity contribution is 0.781. The molecule has 0 bridgehead atoms. The van der Waals surface area contributed by atoms with Crippen LogP contribution in [0.4, 0.5) is 0 Å². The largest absolute Gasteiger partial charge is 0.357 e. The second-order valence-electron chi connectivity index (χ2n) is 6.30. The van der Waals surface area contributed by atoms with Crippen molar-refractivity contribution in [3.05, 3.63) is 47.8 Å². The van der Waals surface area contributed by atoms with Gasteiger partial charge in [0.1, 0.15) is 0 Å². The summed E-state index contributed by atoms with van der Waals surface area (Å²) < 4.78 is 1.96. The average Bonchev–Trinajstić information content (AvgIpc) is 3.34. The number of rotatable bonds is 7. The Morgan fingerprint density at radius 2 is 2.04 bits per heavy atom. The smallest absolute Gasteiger partial charge is 0.191 e. The van der Waals surface area contributed by atoms with E-state index in [-0.39, 0.29) is 24.0 Å². The van der Waals surface area contributed by atoms with E-state index in [1.54, 1.807) is 0 Å². The number of benzene rings is 1. The molecule has 1 aromatic heterocycles. The maximum absolute atomic E-state index is 4.67. The van der Waals surface area contributed by atoms with Crippen LogP contribution in [0.2, 0.25) is 0 Å². The summed E-state index contributed by atoms with van der Waals surface area (Å²) >= 11 is 0. The predicted octanol–water partition coefficient (Wildman–Crippen LogP) is 3.45. The fourth-order valence-corrected chi connectivity index (χ4v) is 2.66. The summed E-state index contributed by atoms with van der Waals surface area (Å²) in [4.78, 5) is 4.67. The van der Waals surface area contributed by atoms with Crippen molar-refractivity contribution in [1.82, 2.24) is 20.4 Å². The lowest BCUT2D eigenvalue weighted by Crippen LogP contribution is -2.38. The topological polar surface area (TPSA) is 54.2 Å². The molecule has 5 nitrogen and oxygen atoms in total. The van der Waals surface area contributed by atoms with E-state index in [0.29, 0.717) is 6.04 Å². The van der Waals surface area contributed by atoms with E-state index in [1.807, 2.05) is 22.9 Å². The molecule has 1 aliphatic rings. The van der Waals surface area contributed by atoms with Gasteiger partial charge in [-0.3, -0.25) is 4.99 Å². The second-order valence-corrected chi connectivity index (χ2v) is 6.30. The van der Waals surface area contributed by atoms with Crippen LogP contribution in [0.1, 0.15) is 37.4 Å². The molecule has 1 aromatic carbocycles. The number of nitrogens with one attached hydrogen (secondary N) is 2. The van der Waals surface area contributed by atoms with E-state index >= 15 is 0 Å². The van der Waals surface area contributed by atoms with Gasteiger partial charge in [0.05, 0.1) is 11.4 Å². The van der Waals surface area contributed by atoms with Gasteiger partial charge in [0.25, 0.3) is 0 Å². The summed E-state index contributed by atoms with van der Waals surface area (Å²) in [7, 11) is 0. The fourth-order valence-electron chi connectivity index (χ4n) is 2.66. The summed E-state index contributed by atoms with van der Waals surface area (Å²) in [5, 5.41) is 11.4. The van der Waals surface area contributed by atoms with Gasteiger partial charge in [-0.25, -0.2) is 4.68 Å². The molecule has 25 heavy (non-hydrogen) atoms. The first-order valence-electron chi connectivity index (χ1n) is 8.91. The quantitative estimate of drug-likeness (QED) is 0.292. The zero-order valence-corrected chi connectivity index (χ0v) is 17.4. The molecule has 3 rings (SSSR count). The maximum Gasteiger partial charge on any atom is 0.191 e. The maximum atomic E-state index is 4.67. The molecular weight excluding hydrogens is 425 g/mol. The van der Waals surface area contributed by atoms with Crippen LogP contribution in [0.25, 0.3) is 5.69 Å². The van der Waals surface area contributed by atoms with Gasteiger partial charge in [-0.05, 0) is 57.2 Å². The Kier molecular flexibility index (Phi) is 7.74. The number of para-hydroxylation sites is 1. The Morgan fingerprint density at radius 1 is 1.28 bits per heavy atom. The molecule has 6 heteroatoms. The number of hydrogen-bond acceptors (Lipinski definition) is 2. The zero-order valence-electron chi connectivity index (χ0n) is 15.0. The van der Waals surface area contributed by atoms with E-state index in [9.17, 15) is 0 Å². The van der Waals surface area contributed by atoms with Crippen molar-refractivity contribution in [1.29, 1.82) is 0 Å². The summed E-state index contributed by atoms with van der Waals surface area (Å²) in [5.74, 6) is 0.955. The van der Waals surface area contributed by atoms with Gasteiger partial charge in [-0.2, -0.15) is 5.10 Å². The highest BCUT2D eigenvalue weighted by atomic mass is 127. The minimum absolute atomic E-state index is 0. The molecule has 0 unspecified atom stereocenters. The van der Waals surface area contributed by atoms with Crippen LogP contribution in [0, 0.1) is 6.92 Å². The number of halogens is 1. The highest BCUT2D eigenvalue weighted by Crippen LogP contribution is 2.18. The summed E-state index contributed by atoms with van der Waals surface area (Å²) in [5.41, 5.74) is 3.51. The molecule has 1 heterocycles. The molecule has 0 spiro atoms.